The summed E-state index contributed by atoms with van der Waals surface area (Å²) in [5.74, 6) is -0.768. The fraction of sp³-hybridized carbons (Fsp3) is 0.333. The van der Waals surface area contributed by atoms with Crippen LogP contribution in [0.25, 0.3) is 0 Å². The SMILES string of the molecule is COCCONC(=O)CNC(=O)c1ccccc1Br. The molecule has 0 fully saturated rings. The second kappa shape index (κ2) is 8.63. The maximum Gasteiger partial charge on any atom is 0.262 e. The summed E-state index contributed by atoms with van der Waals surface area (Å²) < 4.78 is 5.41. The molecule has 0 aliphatic carbocycles. The smallest absolute Gasteiger partial charge is 0.262 e. The predicted molar refractivity (Wildman–Crippen MR) is 72.4 cm³/mol. The molecule has 0 aliphatic heterocycles. The number of ether oxygens (including phenoxy) is 1. The number of nitrogens with one attached hydrogen (secondary N) is 2. The van der Waals surface area contributed by atoms with E-state index in [1.807, 2.05) is 0 Å². The van der Waals surface area contributed by atoms with E-state index in [1.165, 1.54) is 7.11 Å². The maximum atomic E-state index is 11.8. The van der Waals surface area contributed by atoms with Gasteiger partial charge in [-0.25, -0.2) is 5.48 Å². The van der Waals surface area contributed by atoms with E-state index in [2.05, 4.69) is 26.7 Å². The fourth-order valence-electron chi connectivity index (χ4n) is 1.19. The predicted octanol–water partition coefficient (Wildman–Crippen LogP) is 0.873. The Balaban J connectivity index is 2.30. The summed E-state index contributed by atoms with van der Waals surface area (Å²) in [4.78, 5) is 27.9. The summed E-state index contributed by atoms with van der Waals surface area (Å²) in [5.41, 5.74) is 2.66. The van der Waals surface area contributed by atoms with Gasteiger partial charge in [0.15, 0.2) is 0 Å². The van der Waals surface area contributed by atoms with Crippen molar-refractivity contribution in [3.63, 3.8) is 0 Å². The zero-order valence-electron chi connectivity index (χ0n) is 10.4. The van der Waals surface area contributed by atoms with Crippen molar-refractivity contribution in [1.29, 1.82) is 0 Å². The molecule has 0 aliphatic rings. The van der Waals surface area contributed by atoms with Crippen molar-refractivity contribution >= 4 is 27.7 Å². The molecular formula is C12H15BrN2O4. The van der Waals surface area contributed by atoms with Crippen LogP contribution >= 0.6 is 15.9 Å². The molecule has 2 N–H and O–H groups in total. The van der Waals surface area contributed by atoms with Crippen LogP contribution in [0.3, 0.4) is 0 Å². The minimum Gasteiger partial charge on any atom is -0.382 e. The van der Waals surface area contributed by atoms with Crippen LogP contribution in [0.1, 0.15) is 10.4 Å². The van der Waals surface area contributed by atoms with E-state index >= 15 is 0 Å². The first kappa shape index (κ1) is 15.6. The number of rotatable bonds is 7. The molecule has 1 aromatic carbocycles. The largest absolute Gasteiger partial charge is 0.382 e. The number of hydroxylamine groups is 1. The Morgan fingerprint density at radius 1 is 1.26 bits per heavy atom. The summed E-state index contributed by atoms with van der Waals surface area (Å²) in [6, 6.07) is 6.96. The number of hydrogen-bond acceptors (Lipinski definition) is 4. The molecule has 0 saturated carbocycles. The van der Waals surface area contributed by atoms with Crippen molar-refractivity contribution in [3.8, 4) is 0 Å². The third-order valence-electron chi connectivity index (χ3n) is 2.10. The van der Waals surface area contributed by atoms with E-state index in [4.69, 9.17) is 9.57 Å². The number of benzene rings is 1. The summed E-state index contributed by atoms with van der Waals surface area (Å²) in [5, 5.41) is 2.49. The summed E-state index contributed by atoms with van der Waals surface area (Å²) in [6.45, 7) is 0.469. The summed E-state index contributed by atoms with van der Waals surface area (Å²) in [7, 11) is 1.53. The molecule has 19 heavy (non-hydrogen) atoms. The van der Waals surface area contributed by atoms with Crippen LogP contribution in [0.4, 0.5) is 0 Å². The number of methoxy groups -OCH3 is 1. The Bertz CT molecular complexity index is 439. The molecular weight excluding hydrogens is 316 g/mol. The van der Waals surface area contributed by atoms with E-state index in [1.54, 1.807) is 24.3 Å². The van der Waals surface area contributed by atoms with Gasteiger partial charge in [-0.05, 0) is 28.1 Å². The van der Waals surface area contributed by atoms with Crippen LogP contribution in [-0.4, -0.2) is 38.7 Å². The molecule has 0 unspecified atom stereocenters. The molecule has 0 radical (unpaired) electrons. The summed E-state index contributed by atoms with van der Waals surface area (Å²) >= 11 is 3.26. The molecule has 0 saturated heterocycles. The van der Waals surface area contributed by atoms with Gasteiger partial charge in [0.05, 0.1) is 25.3 Å². The lowest BCUT2D eigenvalue weighted by Crippen LogP contribution is -2.37. The minimum atomic E-state index is -0.434. The Morgan fingerprint density at radius 2 is 2.00 bits per heavy atom. The highest BCUT2D eigenvalue weighted by Gasteiger charge is 2.10. The minimum absolute atomic E-state index is 0.160. The molecule has 6 nitrogen and oxygen atoms in total. The van der Waals surface area contributed by atoms with E-state index in [0.717, 1.165) is 0 Å². The first-order chi connectivity index (χ1) is 9.15. The molecule has 1 aromatic rings. The number of halogens is 1. The molecule has 104 valence electrons. The molecule has 0 heterocycles. The van der Waals surface area contributed by atoms with Gasteiger partial charge in [-0.1, -0.05) is 12.1 Å². The van der Waals surface area contributed by atoms with Crippen LogP contribution in [-0.2, 0) is 14.4 Å². The topological polar surface area (TPSA) is 76.7 Å². The zero-order valence-corrected chi connectivity index (χ0v) is 12.0. The number of amides is 2. The second-order valence-corrected chi connectivity index (χ2v) is 4.38. The van der Waals surface area contributed by atoms with E-state index in [-0.39, 0.29) is 19.1 Å². The highest BCUT2D eigenvalue weighted by atomic mass is 79.9. The van der Waals surface area contributed by atoms with Gasteiger partial charge in [0.1, 0.15) is 0 Å². The molecule has 0 spiro atoms. The van der Waals surface area contributed by atoms with Crippen LogP contribution in [0.15, 0.2) is 28.7 Å². The van der Waals surface area contributed by atoms with Gasteiger partial charge in [0.25, 0.3) is 11.8 Å². The Labute approximate surface area is 119 Å². The fourth-order valence-corrected chi connectivity index (χ4v) is 1.66. The molecule has 0 atom stereocenters. The van der Waals surface area contributed by atoms with Gasteiger partial charge < -0.3 is 10.1 Å². The van der Waals surface area contributed by atoms with Gasteiger partial charge in [0.2, 0.25) is 0 Å². The van der Waals surface area contributed by atoms with Crippen molar-refractivity contribution in [1.82, 2.24) is 10.8 Å². The Morgan fingerprint density at radius 3 is 2.68 bits per heavy atom. The van der Waals surface area contributed by atoms with Gasteiger partial charge in [-0.3, -0.25) is 14.4 Å². The molecule has 0 aromatic heterocycles. The lowest BCUT2D eigenvalue weighted by Gasteiger charge is -2.07. The molecule has 2 amide bonds. The molecule has 0 bridgehead atoms. The van der Waals surface area contributed by atoms with Crippen LogP contribution < -0.4 is 10.8 Å². The van der Waals surface area contributed by atoms with Gasteiger partial charge >= 0.3 is 0 Å². The molecule has 1 rings (SSSR count). The zero-order chi connectivity index (χ0) is 14.1. The highest BCUT2D eigenvalue weighted by Crippen LogP contribution is 2.15. The standard InChI is InChI=1S/C12H15BrN2O4/c1-18-6-7-19-15-11(16)8-14-12(17)9-4-2-3-5-10(9)13/h2-5H,6-8H2,1H3,(H,14,17)(H,15,16). The second-order valence-electron chi connectivity index (χ2n) is 3.53. The van der Waals surface area contributed by atoms with Crippen molar-refractivity contribution in [2.45, 2.75) is 0 Å². The average molecular weight is 331 g/mol. The van der Waals surface area contributed by atoms with Crippen LogP contribution in [0.2, 0.25) is 0 Å². The summed E-state index contributed by atoms with van der Waals surface area (Å²) in [6.07, 6.45) is 0. The lowest BCUT2D eigenvalue weighted by molar-refractivity contribution is -0.133. The van der Waals surface area contributed by atoms with Crippen molar-refractivity contribution in [2.24, 2.45) is 0 Å². The average Bonchev–Trinajstić information content (AvgIpc) is 2.41. The van der Waals surface area contributed by atoms with Crippen LogP contribution in [0.5, 0.6) is 0 Å². The van der Waals surface area contributed by atoms with E-state index < -0.39 is 5.91 Å². The number of hydrogen-bond donors (Lipinski definition) is 2. The maximum absolute atomic E-state index is 11.8. The molecule has 7 heteroatoms. The first-order valence-electron chi connectivity index (χ1n) is 5.57. The lowest BCUT2D eigenvalue weighted by atomic mass is 10.2. The highest BCUT2D eigenvalue weighted by molar-refractivity contribution is 9.10. The first-order valence-corrected chi connectivity index (χ1v) is 6.36. The third-order valence-corrected chi connectivity index (χ3v) is 2.80. The van der Waals surface area contributed by atoms with E-state index in [0.29, 0.717) is 16.6 Å². The van der Waals surface area contributed by atoms with Gasteiger partial charge in [-0.2, -0.15) is 0 Å². The monoisotopic (exact) mass is 330 g/mol. The normalized spacial score (nSPS) is 10.0. The third kappa shape index (κ3) is 5.82. The van der Waals surface area contributed by atoms with Crippen molar-refractivity contribution < 1.29 is 19.2 Å². The van der Waals surface area contributed by atoms with Crippen LogP contribution in [0, 0.1) is 0 Å². The quantitative estimate of drug-likeness (QED) is 0.574. The van der Waals surface area contributed by atoms with E-state index in [9.17, 15) is 9.59 Å². The van der Waals surface area contributed by atoms with Gasteiger partial charge in [0, 0.05) is 11.6 Å². The van der Waals surface area contributed by atoms with Gasteiger partial charge in [-0.15, -0.1) is 0 Å². The Kier molecular flexibility index (Phi) is 7.09. The number of carbonyl (C=O) groups excluding carboxylic acids is 2. The van der Waals surface area contributed by atoms with Crippen molar-refractivity contribution in [2.75, 3.05) is 26.9 Å². The Hall–Kier alpha value is -1.44. The number of carbonyl (C=O) groups is 2. The van der Waals surface area contributed by atoms with Crippen molar-refractivity contribution in [3.05, 3.63) is 34.3 Å².